The molecule has 0 saturated carbocycles. The van der Waals surface area contributed by atoms with E-state index < -0.39 is 17.8 Å². The second kappa shape index (κ2) is 7.62. The molecule has 2 aromatic carbocycles. The van der Waals surface area contributed by atoms with Gasteiger partial charge in [0.15, 0.2) is 6.61 Å². The minimum atomic E-state index is -0.638. The van der Waals surface area contributed by atoms with E-state index in [2.05, 4.69) is 10.1 Å². The van der Waals surface area contributed by atoms with E-state index in [1.807, 2.05) is 17.5 Å². The first-order valence-corrected chi connectivity index (χ1v) is 10.1. The van der Waals surface area contributed by atoms with Crippen LogP contribution in [0.4, 0.5) is 5.69 Å². The summed E-state index contributed by atoms with van der Waals surface area (Å²) in [5.41, 5.74) is 1.15. The van der Waals surface area contributed by atoms with Crippen molar-refractivity contribution in [2.45, 2.75) is 6.61 Å². The number of carbonyl (C=O) groups excluding carboxylic acids is 3. The molecule has 0 bridgehead atoms. The van der Waals surface area contributed by atoms with Gasteiger partial charge in [0.05, 0.1) is 27.3 Å². The van der Waals surface area contributed by atoms with Crippen molar-refractivity contribution in [2.75, 3.05) is 4.90 Å². The van der Waals surface area contributed by atoms with Gasteiger partial charge in [0.1, 0.15) is 0 Å². The van der Waals surface area contributed by atoms with Crippen LogP contribution in [0.1, 0.15) is 36.9 Å². The average Bonchev–Trinajstić information content (AvgIpc) is 3.53. The number of rotatable bonds is 5. The molecule has 0 aliphatic carbocycles. The zero-order valence-corrected chi connectivity index (χ0v) is 16.7. The number of ether oxygens (including phenoxy) is 1. The molecule has 0 atom stereocenters. The lowest BCUT2D eigenvalue weighted by Gasteiger charge is -2.14. The molecule has 8 nitrogen and oxygen atoms in total. The van der Waals surface area contributed by atoms with Gasteiger partial charge in [-0.15, -0.1) is 11.3 Å². The van der Waals surface area contributed by atoms with Gasteiger partial charge >= 0.3 is 5.97 Å². The Balaban J connectivity index is 1.31. The molecule has 152 valence electrons. The Labute approximate surface area is 179 Å². The van der Waals surface area contributed by atoms with E-state index in [1.165, 1.54) is 23.5 Å². The fourth-order valence-corrected chi connectivity index (χ4v) is 3.87. The maximum absolute atomic E-state index is 12.7. The van der Waals surface area contributed by atoms with Crippen LogP contribution in [0.25, 0.3) is 10.8 Å². The third kappa shape index (κ3) is 3.40. The summed E-state index contributed by atoms with van der Waals surface area (Å²) in [5, 5.41) is 5.70. The van der Waals surface area contributed by atoms with E-state index in [1.54, 1.807) is 36.4 Å². The molecule has 0 fully saturated rings. The number of amides is 2. The average molecular weight is 431 g/mol. The number of carbonyl (C=O) groups is 3. The first kappa shape index (κ1) is 18.9. The summed E-state index contributed by atoms with van der Waals surface area (Å²) in [4.78, 5) is 43.9. The summed E-state index contributed by atoms with van der Waals surface area (Å²) in [6, 6.07) is 16.5. The summed E-state index contributed by atoms with van der Waals surface area (Å²) in [7, 11) is 0. The van der Waals surface area contributed by atoms with E-state index in [9.17, 15) is 14.4 Å². The van der Waals surface area contributed by atoms with Crippen molar-refractivity contribution in [3.05, 3.63) is 88.6 Å². The summed E-state index contributed by atoms with van der Waals surface area (Å²) < 4.78 is 10.4. The lowest BCUT2D eigenvalue weighted by Crippen LogP contribution is -2.29. The molecule has 0 unspecified atom stereocenters. The highest BCUT2D eigenvalue weighted by molar-refractivity contribution is 7.13. The van der Waals surface area contributed by atoms with Gasteiger partial charge in [0.25, 0.3) is 17.7 Å². The number of thiophene rings is 1. The Hall–Kier alpha value is -4.11. The second-order valence-electron chi connectivity index (χ2n) is 6.61. The summed E-state index contributed by atoms with van der Waals surface area (Å²) >= 11 is 1.46. The summed E-state index contributed by atoms with van der Waals surface area (Å²) in [5.74, 6) is -0.916. The number of esters is 1. The van der Waals surface area contributed by atoms with Gasteiger partial charge in [0, 0.05) is 0 Å². The van der Waals surface area contributed by atoms with Crippen LogP contribution < -0.4 is 4.90 Å². The monoisotopic (exact) mass is 431 g/mol. The third-order valence-electron chi connectivity index (χ3n) is 4.67. The van der Waals surface area contributed by atoms with Crippen molar-refractivity contribution in [3.63, 3.8) is 0 Å². The lowest BCUT2D eigenvalue weighted by molar-refractivity contribution is 0.0459. The fourth-order valence-electron chi connectivity index (χ4n) is 3.22. The Morgan fingerprint density at radius 2 is 1.77 bits per heavy atom. The number of hydrogen-bond acceptors (Lipinski definition) is 8. The Morgan fingerprint density at radius 1 is 1.00 bits per heavy atom. The Kier molecular flexibility index (Phi) is 4.64. The van der Waals surface area contributed by atoms with Gasteiger partial charge in [-0.25, -0.2) is 9.69 Å². The minimum Gasteiger partial charge on any atom is -0.454 e. The first-order chi connectivity index (χ1) is 15.1. The summed E-state index contributed by atoms with van der Waals surface area (Å²) in [6.07, 6.45) is 0. The topological polar surface area (TPSA) is 103 Å². The Morgan fingerprint density at radius 3 is 2.48 bits per heavy atom. The normalized spacial score (nSPS) is 12.8. The van der Waals surface area contributed by atoms with Crippen LogP contribution >= 0.6 is 11.3 Å². The maximum atomic E-state index is 12.7. The quantitative estimate of drug-likeness (QED) is 0.348. The number of aromatic nitrogens is 2. The molecule has 2 amide bonds. The van der Waals surface area contributed by atoms with E-state index in [0.29, 0.717) is 22.7 Å². The highest BCUT2D eigenvalue weighted by Gasteiger charge is 2.36. The van der Waals surface area contributed by atoms with E-state index in [-0.39, 0.29) is 18.0 Å². The van der Waals surface area contributed by atoms with E-state index in [4.69, 9.17) is 9.26 Å². The molecule has 1 aliphatic rings. The van der Waals surface area contributed by atoms with E-state index >= 15 is 0 Å². The fraction of sp³-hybridized carbons (Fsp3) is 0.0455. The third-order valence-corrected chi connectivity index (χ3v) is 5.52. The lowest BCUT2D eigenvalue weighted by atomic mass is 10.1. The van der Waals surface area contributed by atoms with E-state index in [0.717, 1.165) is 9.78 Å². The van der Waals surface area contributed by atoms with Crippen molar-refractivity contribution in [1.29, 1.82) is 0 Å². The molecule has 0 radical (unpaired) electrons. The molecule has 0 spiro atoms. The van der Waals surface area contributed by atoms with Crippen molar-refractivity contribution in [3.8, 4) is 10.8 Å². The van der Waals surface area contributed by atoms with Crippen LogP contribution in [-0.2, 0) is 11.3 Å². The van der Waals surface area contributed by atoms with Gasteiger partial charge in [-0.1, -0.05) is 29.4 Å². The number of hydrogen-bond donors (Lipinski definition) is 0. The molecular formula is C22H13N3O5S. The first-order valence-electron chi connectivity index (χ1n) is 9.23. The standard InChI is InChI=1S/C22H13N3O5S/c26-20-15-7-1-2-8-16(15)21(27)25(20)14-6-3-5-13(11-14)22(28)29-12-18-23-19(30-24-18)17-9-4-10-31-17/h1-11H,12H2. The highest BCUT2D eigenvalue weighted by Crippen LogP contribution is 2.29. The number of anilines is 1. The summed E-state index contributed by atoms with van der Waals surface area (Å²) in [6.45, 7) is -0.176. The largest absolute Gasteiger partial charge is 0.454 e. The Bertz CT molecular complexity index is 1280. The van der Waals surface area contributed by atoms with Crippen LogP contribution in [-0.4, -0.2) is 27.9 Å². The van der Waals surface area contributed by atoms with Crippen molar-refractivity contribution >= 4 is 34.8 Å². The van der Waals surface area contributed by atoms with Gasteiger partial charge < -0.3 is 9.26 Å². The van der Waals surface area contributed by atoms with Crippen LogP contribution in [0.15, 0.2) is 70.6 Å². The van der Waals surface area contributed by atoms with Gasteiger partial charge in [-0.2, -0.15) is 4.98 Å². The highest BCUT2D eigenvalue weighted by atomic mass is 32.1. The molecule has 0 N–H and O–H groups in total. The molecule has 3 heterocycles. The van der Waals surface area contributed by atoms with Gasteiger partial charge in [0.2, 0.25) is 5.82 Å². The predicted octanol–water partition coefficient (Wildman–Crippen LogP) is 3.96. The zero-order valence-electron chi connectivity index (χ0n) is 15.8. The molecular weight excluding hydrogens is 418 g/mol. The van der Waals surface area contributed by atoms with Crippen LogP contribution in [0.2, 0.25) is 0 Å². The molecule has 5 rings (SSSR count). The van der Waals surface area contributed by atoms with Crippen molar-refractivity contribution < 1.29 is 23.6 Å². The molecule has 9 heteroatoms. The zero-order chi connectivity index (χ0) is 21.4. The number of benzene rings is 2. The number of imide groups is 1. The molecule has 1 aliphatic heterocycles. The van der Waals surface area contributed by atoms with Crippen LogP contribution in [0.3, 0.4) is 0 Å². The second-order valence-corrected chi connectivity index (χ2v) is 7.56. The van der Waals surface area contributed by atoms with Gasteiger partial charge in [-0.3, -0.25) is 9.59 Å². The molecule has 0 saturated heterocycles. The molecule has 4 aromatic rings. The number of nitrogens with zero attached hydrogens (tertiary/aromatic N) is 3. The van der Waals surface area contributed by atoms with Crippen molar-refractivity contribution in [1.82, 2.24) is 10.1 Å². The minimum absolute atomic E-state index is 0.176. The SMILES string of the molecule is O=C(OCc1noc(-c2cccs2)n1)c1cccc(N2C(=O)c3ccccc3C2=O)c1. The maximum Gasteiger partial charge on any atom is 0.338 e. The predicted molar refractivity (Wildman–Crippen MR) is 111 cm³/mol. The van der Waals surface area contributed by atoms with Crippen LogP contribution in [0, 0.1) is 0 Å². The van der Waals surface area contributed by atoms with Crippen LogP contribution in [0.5, 0.6) is 0 Å². The van der Waals surface area contributed by atoms with Gasteiger partial charge in [-0.05, 0) is 41.8 Å². The van der Waals surface area contributed by atoms with Crippen molar-refractivity contribution in [2.24, 2.45) is 0 Å². The molecule has 31 heavy (non-hydrogen) atoms. The number of fused-ring (bicyclic) bond motifs is 1. The smallest absolute Gasteiger partial charge is 0.338 e. The molecule has 2 aromatic heterocycles.